The summed E-state index contributed by atoms with van der Waals surface area (Å²) in [4.78, 5) is 26.1. The molecule has 2 N–H and O–H groups in total. The van der Waals surface area contributed by atoms with Crippen LogP contribution in [0.4, 0.5) is 0 Å². The minimum atomic E-state index is -0.555. The number of hydrogen-bond acceptors (Lipinski definition) is 4. The van der Waals surface area contributed by atoms with Gasteiger partial charge in [-0.2, -0.15) is 0 Å². The number of aryl methyl sites for hydroxylation is 1. The van der Waals surface area contributed by atoms with Crippen LogP contribution in [0.1, 0.15) is 84.5 Å². The molecule has 3 rings (SSSR count). The maximum atomic E-state index is 13.3. The van der Waals surface area contributed by atoms with E-state index in [0.717, 1.165) is 5.56 Å². The second kappa shape index (κ2) is 6.58. The minimum Gasteiger partial charge on any atom is -0.507 e. The van der Waals surface area contributed by atoms with Crippen molar-refractivity contribution in [1.29, 1.82) is 0 Å². The monoisotopic (exact) mass is 392 g/mol. The van der Waals surface area contributed by atoms with Crippen LogP contribution in [0.15, 0.2) is 36.1 Å². The number of Topliss-reactive ketones (excluding diaryl/α,β-unsaturated/α-hetero) is 2. The number of hydrogen-bond donors (Lipinski definition) is 2. The molecule has 0 aromatic heterocycles. The number of ketones is 2. The van der Waals surface area contributed by atoms with Crippen LogP contribution in [0.5, 0.6) is 5.75 Å². The number of carbonyl (C=O) groups is 2. The van der Waals surface area contributed by atoms with Crippen molar-refractivity contribution in [2.45, 2.75) is 59.3 Å². The highest BCUT2D eigenvalue weighted by Gasteiger charge is 2.35. The molecule has 0 saturated heterocycles. The van der Waals surface area contributed by atoms with Gasteiger partial charge in [0.1, 0.15) is 5.75 Å². The molecule has 2 aromatic carbocycles. The summed E-state index contributed by atoms with van der Waals surface area (Å²) >= 11 is 0. The van der Waals surface area contributed by atoms with E-state index in [0.29, 0.717) is 16.7 Å². The lowest BCUT2D eigenvalue weighted by atomic mass is 9.76. The largest absolute Gasteiger partial charge is 0.507 e. The first-order valence-corrected chi connectivity index (χ1v) is 9.75. The van der Waals surface area contributed by atoms with Crippen molar-refractivity contribution in [1.82, 2.24) is 0 Å². The van der Waals surface area contributed by atoms with Gasteiger partial charge in [-0.05, 0) is 41.5 Å². The number of aliphatic hydroxyl groups is 1. The fourth-order valence-corrected chi connectivity index (χ4v) is 3.72. The highest BCUT2D eigenvalue weighted by molar-refractivity contribution is 6.39. The first kappa shape index (κ1) is 20.8. The maximum absolute atomic E-state index is 13.3. The van der Waals surface area contributed by atoms with Gasteiger partial charge in [-0.3, -0.25) is 9.59 Å². The molecule has 0 fully saturated rings. The third-order valence-electron chi connectivity index (χ3n) is 5.36. The first-order chi connectivity index (χ1) is 13.2. The Hall–Kier alpha value is -2.88. The number of aliphatic hydroxyl groups excluding tert-OH is 1. The zero-order valence-corrected chi connectivity index (χ0v) is 18.1. The van der Waals surface area contributed by atoms with Gasteiger partial charge >= 0.3 is 0 Å². The van der Waals surface area contributed by atoms with Crippen LogP contribution in [-0.2, 0) is 10.8 Å². The average Bonchev–Trinajstić information content (AvgIpc) is 2.59. The van der Waals surface area contributed by atoms with Gasteiger partial charge < -0.3 is 10.2 Å². The molecule has 0 atom stereocenters. The summed E-state index contributed by atoms with van der Waals surface area (Å²) in [5, 5.41) is 21.6. The van der Waals surface area contributed by atoms with Crippen molar-refractivity contribution in [3.05, 3.63) is 69.5 Å². The number of carbonyl (C=O) groups excluding carboxylic acids is 2. The van der Waals surface area contributed by atoms with Gasteiger partial charge in [-0.15, -0.1) is 0 Å². The zero-order chi connectivity index (χ0) is 21.9. The van der Waals surface area contributed by atoms with Gasteiger partial charge in [0.2, 0.25) is 5.78 Å². The highest BCUT2D eigenvalue weighted by Crippen LogP contribution is 2.42. The lowest BCUT2D eigenvalue weighted by Crippen LogP contribution is -2.23. The lowest BCUT2D eigenvalue weighted by molar-refractivity contribution is 0.0947. The van der Waals surface area contributed by atoms with Gasteiger partial charge in [0.15, 0.2) is 11.5 Å². The summed E-state index contributed by atoms with van der Waals surface area (Å²) in [5.74, 6) is -1.30. The molecule has 29 heavy (non-hydrogen) atoms. The molecule has 0 bridgehead atoms. The van der Waals surface area contributed by atoms with Crippen molar-refractivity contribution >= 4 is 17.1 Å². The van der Waals surface area contributed by atoms with E-state index in [4.69, 9.17) is 0 Å². The van der Waals surface area contributed by atoms with E-state index in [1.807, 2.05) is 48.5 Å². The third-order valence-corrected chi connectivity index (χ3v) is 5.36. The summed E-state index contributed by atoms with van der Waals surface area (Å²) in [5.41, 5.74) is 2.32. The smallest absolute Gasteiger partial charge is 0.228 e. The van der Waals surface area contributed by atoms with Crippen LogP contribution in [0.3, 0.4) is 0 Å². The number of rotatable bonds is 1. The van der Waals surface area contributed by atoms with Crippen LogP contribution < -0.4 is 0 Å². The highest BCUT2D eigenvalue weighted by atomic mass is 16.3. The second-order valence-corrected chi connectivity index (χ2v) is 9.85. The van der Waals surface area contributed by atoms with E-state index in [-0.39, 0.29) is 28.2 Å². The van der Waals surface area contributed by atoms with Crippen molar-refractivity contribution in [3.63, 3.8) is 0 Å². The number of allylic oxidation sites excluding steroid dienone is 2. The normalized spacial score (nSPS) is 15.0. The van der Waals surface area contributed by atoms with Gasteiger partial charge in [-0.25, -0.2) is 0 Å². The summed E-state index contributed by atoms with van der Waals surface area (Å²) < 4.78 is 0. The van der Waals surface area contributed by atoms with Crippen LogP contribution in [0, 0.1) is 6.92 Å². The molecule has 0 radical (unpaired) electrons. The molecule has 1 aliphatic carbocycles. The van der Waals surface area contributed by atoms with E-state index >= 15 is 0 Å². The van der Waals surface area contributed by atoms with Gasteiger partial charge in [0.05, 0.1) is 5.57 Å². The van der Waals surface area contributed by atoms with Crippen molar-refractivity contribution < 1.29 is 19.8 Å². The number of aromatic hydroxyl groups is 1. The Bertz CT molecular complexity index is 1040. The van der Waals surface area contributed by atoms with Crippen LogP contribution in [-0.4, -0.2) is 21.8 Å². The van der Waals surface area contributed by atoms with E-state index in [9.17, 15) is 19.8 Å². The molecule has 1 aliphatic rings. The van der Waals surface area contributed by atoms with E-state index in [2.05, 4.69) is 0 Å². The lowest BCUT2D eigenvalue weighted by Gasteiger charge is -2.29. The summed E-state index contributed by atoms with van der Waals surface area (Å²) in [6.07, 6.45) is 0. The Morgan fingerprint density at radius 1 is 0.724 bits per heavy atom. The van der Waals surface area contributed by atoms with Crippen molar-refractivity contribution in [2.24, 2.45) is 0 Å². The second-order valence-electron chi connectivity index (χ2n) is 9.85. The molecular weight excluding hydrogens is 364 g/mol. The SMILES string of the molecule is Cc1ccc2c(c1)C(=O)C(O)=C(c1cc(C(C)(C)C)c(O)c(C(C)(C)C)c1)C2=O. The quantitative estimate of drug-likeness (QED) is 0.658. The fourth-order valence-electron chi connectivity index (χ4n) is 3.72. The zero-order valence-electron chi connectivity index (χ0n) is 18.1. The Balaban J connectivity index is 2.33. The molecule has 152 valence electrons. The Kier molecular flexibility index (Phi) is 4.73. The van der Waals surface area contributed by atoms with Crippen LogP contribution in [0.2, 0.25) is 0 Å². The molecule has 0 aliphatic heterocycles. The molecule has 0 unspecified atom stereocenters. The Labute approximate surface area is 171 Å². The number of fused-ring (bicyclic) bond motifs is 1. The maximum Gasteiger partial charge on any atom is 0.228 e. The van der Waals surface area contributed by atoms with E-state index < -0.39 is 22.4 Å². The number of benzene rings is 2. The van der Waals surface area contributed by atoms with Crippen molar-refractivity contribution in [3.8, 4) is 5.75 Å². The van der Waals surface area contributed by atoms with Gasteiger partial charge in [0.25, 0.3) is 0 Å². The fraction of sp³-hybridized carbons (Fsp3) is 0.360. The molecule has 0 amide bonds. The Morgan fingerprint density at radius 2 is 1.24 bits per heavy atom. The Morgan fingerprint density at radius 3 is 1.72 bits per heavy atom. The third kappa shape index (κ3) is 3.48. The predicted molar refractivity (Wildman–Crippen MR) is 115 cm³/mol. The molecule has 4 heteroatoms. The van der Waals surface area contributed by atoms with E-state index in [1.54, 1.807) is 30.3 Å². The minimum absolute atomic E-state index is 0.0117. The first-order valence-electron chi connectivity index (χ1n) is 9.75. The summed E-state index contributed by atoms with van der Waals surface area (Å²) in [6, 6.07) is 8.45. The molecule has 2 aromatic rings. The topological polar surface area (TPSA) is 74.6 Å². The van der Waals surface area contributed by atoms with Crippen LogP contribution in [0.25, 0.3) is 5.57 Å². The van der Waals surface area contributed by atoms with Gasteiger partial charge in [0, 0.05) is 22.3 Å². The average molecular weight is 392 g/mol. The molecule has 0 heterocycles. The number of phenolic OH excluding ortho intramolecular Hbond substituents is 1. The molecule has 0 saturated carbocycles. The summed E-state index contributed by atoms with van der Waals surface area (Å²) in [7, 11) is 0. The predicted octanol–water partition coefficient (Wildman–Crippen LogP) is 5.64. The number of phenols is 1. The van der Waals surface area contributed by atoms with Gasteiger partial charge in [-0.1, -0.05) is 59.2 Å². The van der Waals surface area contributed by atoms with E-state index in [1.165, 1.54) is 0 Å². The summed E-state index contributed by atoms with van der Waals surface area (Å²) in [6.45, 7) is 13.7. The molecular formula is C25H28O4. The standard InChI is InChI=1S/C25H28O4/c1-13-8-9-15-16(10-13)21(27)23(29)19(20(15)26)14-11-17(24(2,3)4)22(28)18(12-14)25(5,6)7/h8-12,28-29H,1-7H3. The van der Waals surface area contributed by atoms with Crippen molar-refractivity contribution in [2.75, 3.05) is 0 Å². The van der Waals surface area contributed by atoms with Crippen LogP contribution >= 0.6 is 0 Å². The molecule has 4 nitrogen and oxygen atoms in total. The molecule has 0 spiro atoms.